The number of rotatable bonds is 1. The van der Waals surface area contributed by atoms with Gasteiger partial charge in [0.2, 0.25) is 5.52 Å². The summed E-state index contributed by atoms with van der Waals surface area (Å²) in [6.45, 7) is 0. The predicted octanol–water partition coefficient (Wildman–Crippen LogP) is 0.983. The summed E-state index contributed by atoms with van der Waals surface area (Å²) >= 11 is 0. The molecule has 1 heterocycles. The molecule has 0 N–H and O–H groups in total. The molecular formula is C19H16ClNO. The maximum atomic E-state index is 5.51. The van der Waals surface area contributed by atoms with Gasteiger partial charge < -0.3 is 17.1 Å². The molecule has 0 atom stereocenters. The summed E-state index contributed by atoms with van der Waals surface area (Å²) in [6.07, 6.45) is 2.16. The van der Waals surface area contributed by atoms with Gasteiger partial charge in [-0.3, -0.25) is 0 Å². The fraction of sp³-hybridized carbons (Fsp3) is 0.105. The van der Waals surface area contributed by atoms with Crippen molar-refractivity contribution in [1.29, 1.82) is 0 Å². The van der Waals surface area contributed by atoms with Crippen molar-refractivity contribution in [3.63, 3.8) is 0 Å². The summed E-state index contributed by atoms with van der Waals surface area (Å²) in [6, 6.07) is 19.1. The van der Waals surface area contributed by atoms with Crippen LogP contribution in [0.25, 0.3) is 32.4 Å². The van der Waals surface area contributed by atoms with Gasteiger partial charge in [0.15, 0.2) is 6.20 Å². The van der Waals surface area contributed by atoms with Crippen molar-refractivity contribution in [1.82, 2.24) is 0 Å². The summed E-state index contributed by atoms with van der Waals surface area (Å²) in [7, 11) is 3.82. The van der Waals surface area contributed by atoms with Crippen molar-refractivity contribution in [3.8, 4) is 5.75 Å². The molecule has 110 valence electrons. The maximum absolute atomic E-state index is 5.51. The van der Waals surface area contributed by atoms with Crippen LogP contribution in [0.5, 0.6) is 5.75 Å². The SMILES string of the molecule is COc1cccc2c1c[n+](C)c1c3ccccc3ccc21.[Cl-]. The highest BCUT2D eigenvalue weighted by atomic mass is 35.5. The Labute approximate surface area is 135 Å². The second kappa shape index (κ2) is 5.47. The highest BCUT2D eigenvalue weighted by molar-refractivity contribution is 6.14. The molecule has 0 radical (unpaired) electrons. The normalized spacial score (nSPS) is 10.8. The lowest BCUT2D eigenvalue weighted by atomic mass is 10.0. The number of fused-ring (bicyclic) bond motifs is 5. The van der Waals surface area contributed by atoms with E-state index in [2.05, 4.69) is 66.3 Å². The van der Waals surface area contributed by atoms with E-state index >= 15 is 0 Å². The molecule has 0 amide bonds. The van der Waals surface area contributed by atoms with E-state index < -0.39 is 0 Å². The summed E-state index contributed by atoms with van der Waals surface area (Å²) in [4.78, 5) is 0. The Balaban J connectivity index is 0.00000144. The molecule has 2 nitrogen and oxygen atoms in total. The monoisotopic (exact) mass is 309 g/mol. The summed E-state index contributed by atoms with van der Waals surface area (Å²) in [5.41, 5.74) is 1.26. The average molecular weight is 310 g/mol. The van der Waals surface area contributed by atoms with Crippen LogP contribution < -0.4 is 21.7 Å². The first-order chi connectivity index (χ1) is 10.3. The van der Waals surface area contributed by atoms with Crippen molar-refractivity contribution in [2.24, 2.45) is 7.05 Å². The minimum atomic E-state index is 0. The van der Waals surface area contributed by atoms with Gasteiger partial charge in [-0.1, -0.05) is 36.4 Å². The molecule has 0 saturated heterocycles. The summed E-state index contributed by atoms with van der Waals surface area (Å²) < 4.78 is 7.70. The first kappa shape index (κ1) is 14.6. The van der Waals surface area contributed by atoms with Crippen molar-refractivity contribution < 1.29 is 21.7 Å². The summed E-state index contributed by atoms with van der Waals surface area (Å²) in [5.74, 6) is 0.915. The van der Waals surface area contributed by atoms with E-state index in [0.29, 0.717) is 0 Å². The zero-order valence-corrected chi connectivity index (χ0v) is 13.3. The first-order valence-electron chi connectivity index (χ1n) is 7.06. The van der Waals surface area contributed by atoms with E-state index in [1.54, 1.807) is 7.11 Å². The molecule has 0 bridgehead atoms. The molecule has 0 aliphatic carbocycles. The Morgan fingerprint density at radius 1 is 0.773 bits per heavy atom. The highest BCUT2D eigenvalue weighted by Gasteiger charge is 2.15. The zero-order chi connectivity index (χ0) is 14.4. The van der Waals surface area contributed by atoms with Crippen LogP contribution in [0.1, 0.15) is 0 Å². The molecule has 0 unspecified atom stereocenters. The molecular weight excluding hydrogens is 294 g/mol. The Morgan fingerprint density at radius 2 is 1.55 bits per heavy atom. The molecule has 0 aliphatic rings. The fourth-order valence-electron chi connectivity index (χ4n) is 3.20. The standard InChI is InChI=1S/C19H16NO.ClH/c1-20-12-17-15(8-5-9-18(17)21-2)16-11-10-13-6-3-4-7-14(13)19(16)20;/h3-12H,1-2H3;1H/q+1;/p-1. The Kier molecular flexibility index (Phi) is 3.63. The van der Waals surface area contributed by atoms with Gasteiger partial charge in [0.1, 0.15) is 12.8 Å². The van der Waals surface area contributed by atoms with Gasteiger partial charge in [0.25, 0.3) is 0 Å². The van der Waals surface area contributed by atoms with Crippen LogP contribution in [0.4, 0.5) is 0 Å². The van der Waals surface area contributed by atoms with E-state index in [9.17, 15) is 0 Å². The van der Waals surface area contributed by atoms with Crippen LogP contribution in [-0.4, -0.2) is 7.11 Å². The molecule has 0 saturated carbocycles. The first-order valence-corrected chi connectivity index (χ1v) is 7.06. The minimum Gasteiger partial charge on any atom is -1.00 e. The van der Waals surface area contributed by atoms with Crippen LogP contribution in [0.3, 0.4) is 0 Å². The molecule has 0 aliphatic heterocycles. The van der Waals surface area contributed by atoms with E-state index in [1.807, 2.05) is 6.07 Å². The van der Waals surface area contributed by atoms with Crippen LogP contribution in [0.15, 0.2) is 60.8 Å². The quantitative estimate of drug-likeness (QED) is 0.377. The van der Waals surface area contributed by atoms with Gasteiger partial charge in [0.05, 0.1) is 23.3 Å². The third kappa shape index (κ3) is 1.99. The Morgan fingerprint density at radius 3 is 2.36 bits per heavy atom. The van der Waals surface area contributed by atoms with Gasteiger partial charge in [-0.25, -0.2) is 0 Å². The second-order valence-corrected chi connectivity index (χ2v) is 5.34. The van der Waals surface area contributed by atoms with E-state index in [0.717, 1.165) is 11.1 Å². The molecule has 0 fully saturated rings. The van der Waals surface area contributed by atoms with Crippen molar-refractivity contribution in [2.45, 2.75) is 0 Å². The van der Waals surface area contributed by atoms with Crippen molar-refractivity contribution >= 4 is 32.4 Å². The second-order valence-electron chi connectivity index (χ2n) is 5.34. The van der Waals surface area contributed by atoms with E-state index in [4.69, 9.17) is 4.74 Å². The number of aryl methyl sites for hydroxylation is 1. The number of methoxy groups -OCH3 is 1. The number of benzene rings is 3. The van der Waals surface area contributed by atoms with Crippen molar-refractivity contribution in [3.05, 3.63) is 60.8 Å². The number of hydrogen-bond acceptors (Lipinski definition) is 1. The molecule has 4 aromatic rings. The van der Waals surface area contributed by atoms with Gasteiger partial charge in [-0.05, 0) is 23.6 Å². The Bertz CT molecular complexity index is 995. The molecule has 0 spiro atoms. The van der Waals surface area contributed by atoms with Gasteiger partial charge in [-0.15, -0.1) is 0 Å². The van der Waals surface area contributed by atoms with Crippen LogP contribution in [0, 0.1) is 0 Å². The van der Waals surface area contributed by atoms with Gasteiger partial charge in [0, 0.05) is 5.39 Å². The molecule has 4 rings (SSSR count). The zero-order valence-electron chi connectivity index (χ0n) is 12.5. The van der Waals surface area contributed by atoms with E-state index in [1.165, 1.54) is 27.1 Å². The van der Waals surface area contributed by atoms with Gasteiger partial charge in [-0.2, -0.15) is 4.57 Å². The lowest BCUT2D eigenvalue weighted by molar-refractivity contribution is -0.642. The largest absolute Gasteiger partial charge is 1.00 e. The summed E-state index contributed by atoms with van der Waals surface area (Å²) in [5, 5.41) is 6.18. The molecule has 3 aromatic carbocycles. The molecule has 1 aromatic heterocycles. The molecule has 22 heavy (non-hydrogen) atoms. The topological polar surface area (TPSA) is 13.1 Å². The van der Waals surface area contributed by atoms with E-state index in [-0.39, 0.29) is 12.4 Å². The number of ether oxygens (including phenoxy) is 1. The fourth-order valence-corrected chi connectivity index (χ4v) is 3.20. The van der Waals surface area contributed by atoms with Crippen LogP contribution >= 0.6 is 0 Å². The number of nitrogens with zero attached hydrogens (tertiary/aromatic N) is 1. The van der Waals surface area contributed by atoms with Crippen LogP contribution in [0.2, 0.25) is 0 Å². The van der Waals surface area contributed by atoms with Crippen molar-refractivity contribution in [2.75, 3.05) is 7.11 Å². The number of hydrogen-bond donors (Lipinski definition) is 0. The molecule has 3 heteroatoms. The predicted molar refractivity (Wildman–Crippen MR) is 86.7 cm³/mol. The van der Waals surface area contributed by atoms with Crippen LogP contribution in [-0.2, 0) is 7.05 Å². The highest BCUT2D eigenvalue weighted by Crippen LogP contribution is 2.32. The lowest BCUT2D eigenvalue weighted by Gasteiger charge is -2.08. The van der Waals surface area contributed by atoms with Gasteiger partial charge >= 0.3 is 0 Å². The third-order valence-electron chi connectivity index (χ3n) is 4.15. The lowest BCUT2D eigenvalue weighted by Crippen LogP contribution is -3.00. The third-order valence-corrected chi connectivity index (χ3v) is 4.15. The number of halogens is 1. The maximum Gasteiger partial charge on any atom is 0.220 e. The number of pyridine rings is 1. The Hall–Kier alpha value is -2.32. The minimum absolute atomic E-state index is 0. The smallest absolute Gasteiger partial charge is 0.220 e. The average Bonchev–Trinajstić information content (AvgIpc) is 2.54. The number of aromatic nitrogens is 1.